The lowest BCUT2D eigenvalue weighted by Crippen LogP contribution is -2.57. The molecule has 7 unspecified atom stereocenters. The van der Waals surface area contributed by atoms with E-state index < -0.39 is 11.6 Å². The van der Waals surface area contributed by atoms with Gasteiger partial charge in [0.25, 0.3) is 0 Å². The number of ketones is 1. The van der Waals surface area contributed by atoms with Crippen molar-refractivity contribution in [2.75, 3.05) is 13.2 Å². The number of ether oxygens (including phenoxy) is 3. The highest BCUT2D eigenvalue weighted by Crippen LogP contribution is 2.67. The Morgan fingerprint density at radius 1 is 0.880 bits per heavy atom. The van der Waals surface area contributed by atoms with Gasteiger partial charge in [-0.3, -0.25) is 9.59 Å². The molecule has 0 bridgehead atoms. The van der Waals surface area contributed by atoms with E-state index in [9.17, 15) is 19.5 Å². The quantitative estimate of drug-likeness (QED) is 0.110. The molecule has 2 aromatic rings. The van der Waals surface area contributed by atoms with Gasteiger partial charge in [-0.25, -0.2) is 4.79 Å². The molecule has 0 saturated heterocycles. The van der Waals surface area contributed by atoms with Gasteiger partial charge in [-0.1, -0.05) is 68.2 Å². The number of aliphatic hydroxyl groups excluding tert-OH is 1. The topological polar surface area (TPSA) is 99.1 Å². The second kappa shape index (κ2) is 14.7. The molecule has 6 rings (SSSR count). The van der Waals surface area contributed by atoms with Crippen LogP contribution < -0.4 is 4.74 Å². The smallest absolute Gasteiger partial charge is 0.350 e. The Morgan fingerprint density at radius 3 is 2.28 bits per heavy atom. The summed E-state index contributed by atoms with van der Waals surface area (Å²) in [6.07, 6.45) is 13.8. The molecule has 2 aromatic carbocycles. The largest absolute Gasteiger partial charge is 0.476 e. The zero-order chi connectivity index (χ0) is 35.7. The number of hydrogen-bond acceptors (Lipinski definition) is 7. The first-order chi connectivity index (χ1) is 23.8. The number of esters is 2. The highest BCUT2D eigenvalue weighted by atomic mass is 16.6. The fourth-order valence-corrected chi connectivity index (χ4v) is 10.2. The second-order valence-corrected chi connectivity index (χ2v) is 16.5. The number of fused-ring (bicyclic) bond motifs is 5. The van der Waals surface area contributed by atoms with Crippen LogP contribution in [0.3, 0.4) is 0 Å². The lowest BCUT2D eigenvalue weighted by molar-refractivity contribution is -0.163. The van der Waals surface area contributed by atoms with E-state index >= 15 is 0 Å². The fraction of sp³-hybridized carbons (Fsp3) is 0.605. The van der Waals surface area contributed by atoms with Crippen molar-refractivity contribution in [3.05, 3.63) is 76.9 Å². The zero-order valence-electron chi connectivity index (χ0n) is 30.7. The van der Waals surface area contributed by atoms with Crippen molar-refractivity contribution in [1.29, 1.82) is 0 Å². The average Bonchev–Trinajstić information content (AvgIpc) is 3.43. The van der Waals surface area contributed by atoms with Crippen LogP contribution >= 0.6 is 0 Å². The molecule has 0 spiro atoms. The van der Waals surface area contributed by atoms with Crippen LogP contribution in [-0.2, 0) is 19.1 Å². The Bertz CT molecular complexity index is 1570. The number of allylic oxidation sites excluding steroid dienone is 2. The van der Waals surface area contributed by atoms with Crippen molar-refractivity contribution in [3.63, 3.8) is 0 Å². The average molecular weight is 685 g/mol. The number of rotatable bonds is 11. The summed E-state index contributed by atoms with van der Waals surface area (Å²) in [4.78, 5) is 38.1. The Morgan fingerprint density at radius 2 is 1.56 bits per heavy atom. The third kappa shape index (κ3) is 7.30. The van der Waals surface area contributed by atoms with Crippen molar-refractivity contribution in [1.82, 2.24) is 0 Å². The molecule has 7 atom stereocenters. The molecular formula is C43H56O7. The summed E-state index contributed by atoms with van der Waals surface area (Å²) in [5, 5.41) is 11.4. The minimum Gasteiger partial charge on any atom is -0.476 e. The molecule has 4 aliphatic carbocycles. The highest BCUT2D eigenvalue weighted by Gasteiger charge is 2.60. The van der Waals surface area contributed by atoms with E-state index in [-0.39, 0.29) is 42.9 Å². The van der Waals surface area contributed by atoms with E-state index in [2.05, 4.69) is 19.9 Å². The normalized spacial score (nSPS) is 31.2. The number of aryl methyl sites for hydroxylation is 1. The molecule has 0 radical (unpaired) electrons. The molecule has 0 amide bonds. The van der Waals surface area contributed by atoms with Crippen molar-refractivity contribution in [2.24, 2.45) is 34.5 Å². The van der Waals surface area contributed by atoms with Crippen LogP contribution in [0.5, 0.6) is 5.75 Å². The third-order valence-corrected chi connectivity index (χ3v) is 13.1. The lowest BCUT2D eigenvalue weighted by atomic mass is 9.44. The number of carbonyl (C=O) groups is 3. The summed E-state index contributed by atoms with van der Waals surface area (Å²) in [5.74, 6) is 1.68. The van der Waals surface area contributed by atoms with Crippen molar-refractivity contribution in [2.45, 2.75) is 117 Å². The summed E-state index contributed by atoms with van der Waals surface area (Å²) in [6.45, 7) is 10.1. The van der Waals surface area contributed by atoms with E-state index in [1.54, 1.807) is 50.2 Å². The SMILES string of the molecule is Cc1ccc(C(=O)c2ccc(OC(C)(C)C(=O)OCCOC(=O)CC/C=C3\CCC4C5C(O)CC6CCCCC6(C)C5CCC34C)cc2)cc1. The summed E-state index contributed by atoms with van der Waals surface area (Å²) in [5.41, 5.74) is 2.89. The van der Waals surface area contributed by atoms with Gasteiger partial charge in [0.1, 0.15) is 19.0 Å². The van der Waals surface area contributed by atoms with Gasteiger partial charge in [0, 0.05) is 17.5 Å². The van der Waals surface area contributed by atoms with Gasteiger partial charge in [0.15, 0.2) is 11.4 Å². The minimum absolute atomic E-state index is 0.0203. The maximum absolute atomic E-state index is 12.8. The summed E-state index contributed by atoms with van der Waals surface area (Å²) < 4.78 is 16.7. The molecule has 4 aliphatic rings. The maximum atomic E-state index is 12.8. The summed E-state index contributed by atoms with van der Waals surface area (Å²) >= 11 is 0. The lowest BCUT2D eigenvalue weighted by Gasteiger charge is -2.61. The Kier molecular flexibility index (Phi) is 10.7. The fourth-order valence-electron chi connectivity index (χ4n) is 10.2. The molecule has 7 nitrogen and oxygen atoms in total. The van der Waals surface area contributed by atoms with Crippen molar-refractivity contribution < 1.29 is 33.7 Å². The molecule has 4 fully saturated rings. The number of hydrogen-bond donors (Lipinski definition) is 1. The van der Waals surface area contributed by atoms with Crippen LogP contribution in [0.25, 0.3) is 0 Å². The molecule has 50 heavy (non-hydrogen) atoms. The predicted octanol–water partition coefficient (Wildman–Crippen LogP) is 8.58. The van der Waals surface area contributed by atoms with Crippen LogP contribution in [0.1, 0.15) is 120 Å². The van der Waals surface area contributed by atoms with Gasteiger partial charge in [-0.05, 0) is 131 Å². The molecular weight excluding hydrogens is 628 g/mol. The van der Waals surface area contributed by atoms with Gasteiger partial charge < -0.3 is 19.3 Å². The van der Waals surface area contributed by atoms with E-state index in [1.807, 2.05) is 19.1 Å². The Hall–Kier alpha value is -3.45. The molecule has 1 N–H and O–H groups in total. The van der Waals surface area contributed by atoms with Crippen molar-refractivity contribution in [3.8, 4) is 5.75 Å². The highest BCUT2D eigenvalue weighted by molar-refractivity contribution is 6.09. The second-order valence-electron chi connectivity index (χ2n) is 16.5. The van der Waals surface area contributed by atoms with Crippen LogP contribution in [0.4, 0.5) is 0 Å². The Labute approximate surface area is 298 Å². The molecule has 7 heteroatoms. The van der Waals surface area contributed by atoms with E-state index in [0.29, 0.717) is 52.4 Å². The van der Waals surface area contributed by atoms with Crippen LogP contribution in [0.2, 0.25) is 0 Å². The van der Waals surface area contributed by atoms with Gasteiger partial charge in [0.2, 0.25) is 0 Å². The number of aliphatic hydroxyl groups is 1. The first-order valence-corrected chi connectivity index (χ1v) is 18.9. The Balaban J connectivity index is 0.925. The van der Waals surface area contributed by atoms with Gasteiger partial charge in [0.05, 0.1) is 6.10 Å². The van der Waals surface area contributed by atoms with Gasteiger partial charge >= 0.3 is 11.9 Å². The summed E-state index contributed by atoms with van der Waals surface area (Å²) in [6, 6.07) is 14.1. The van der Waals surface area contributed by atoms with Crippen LogP contribution in [-0.4, -0.2) is 47.7 Å². The van der Waals surface area contributed by atoms with Crippen molar-refractivity contribution >= 4 is 17.7 Å². The molecule has 0 heterocycles. The molecule has 4 saturated carbocycles. The van der Waals surface area contributed by atoms with Gasteiger partial charge in [-0.15, -0.1) is 0 Å². The standard InChI is InChI=1S/C43H56O7/c1-28-12-14-29(15-13-28)39(46)30-16-19-33(20-17-30)50-41(2,3)40(47)49-26-25-48-37(45)11-8-10-31-18-21-34-38-35(22-24-43(31,34)5)42(4)23-7-6-9-32(42)27-36(38)44/h10,12-17,19-20,32,34-36,38,44H,6-9,11,18,21-27H2,1-5H3/b31-10+. The molecule has 0 aromatic heterocycles. The van der Waals surface area contributed by atoms with E-state index in [1.165, 1.54) is 44.1 Å². The van der Waals surface area contributed by atoms with Gasteiger partial charge in [-0.2, -0.15) is 0 Å². The van der Waals surface area contributed by atoms with Crippen LogP contribution in [0.15, 0.2) is 60.2 Å². The zero-order valence-corrected chi connectivity index (χ0v) is 30.7. The first-order valence-electron chi connectivity index (χ1n) is 18.9. The number of carbonyl (C=O) groups excluding carboxylic acids is 3. The monoisotopic (exact) mass is 684 g/mol. The molecule has 270 valence electrons. The minimum atomic E-state index is -1.28. The summed E-state index contributed by atoms with van der Waals surface area (Å²) in [7, 11) is 0. The number of benzene rings is 2. The van der Waals surface area contributed by atoms with E-state index in [4.69, 9.17) is 14.2 Å². The first kappa shape index (κ1) is 36.3. The molecule has 0 aliphatic heterocycles. The maximum Gasteiger partial charge on any atom is 0.350 e. The third-order valence-electron chi connectivity index (χ3n) is 13.1. The predicted molar refractivity (Wildman–Crippen MR) is 193 cm³/mol. The van der Waals surface area contributed by atoms with Crippen LogP contribution in [0, 0.1) is 41.4 Å². The van der Waals surface area contributed by atoms with E-state index in [0.717, 1.165) is 24.8 Å².